The van der Waals surface area contributed by atoms with Crippen molar-refractivity contribution >= 4 is 0 Å². The van der Waals surface area contributed by atoms with Gasteiger partial charge >= 0.3 is 0 Å². The largest absolute Gasteiger partial charge is 0.315 e. The first-order chi connectivity index (χ1) is 8.48. The number of hydrogen-bond acceptors (Lipinski definition) is 2. The molecule has 0 radical (unpaired) electrons. The van der Waals surface area contributed by atoms with Gasteiger partial charge in [-0.15, -0.1) is 0 Å². The zero-order valence-electron chi connectivity index (χ0n) is 12.2. The Hall–Kier alpha value is -0.860. The van der Waals surface area contributed by atoms with Gasteiger partial charge in [0, 0.05) is 12.6 Å². The molecule has 2 nitrogen and oxygen atoms in total. The second-order valence-corrected chi connectivity index (χ2v) is 6.43. The fraction of sp³-hybridized carbons (Fsp3) is 0.625. The normalized spacial score (nSPS) is 22.8. The van der Waals surface area contributed by atoms with Crippen molar-refractivity contribution < 1.29 is 0 Å². The second kappa shape index (κ2) is 5.41. The summed E-state index contributed by atoms with van der Waals surface area (Å²) >= 11 is 0. The highest BCUT2D eigenvalue weighted by Crippen LogP contribution is 2.26. The molecule has 1 aromatic rings. The predicted molar refractivity (Wildman–Crippen MR) is 78.0 cm³/mol. The summed E-state index contributed by atoms with van der Waals surface area (Å²) in [6.45, 7) is 10.2. The Morgan fingerprint density at radius 3 is 2.44 bits per heavy atom. The highest BCUT2D eigenvalue weighted by atomic mass is 15.2. The van der Waals surface area contributed by atoms with E-state index in [4.69, 9.17) is 0 Å². The molecule has 2 rings (SSSR count). The average molecular weight is 246 g/mol. The van der Waals surface area contributed by atoms with E-state index >= 15 is 0 Å². The molecule has 0 saturated carbocycles. The van der Waals surface area contributed by atoms with E-state index in [-0.39, 0.29) is 5.41 Å². The van der Waals surface area contributed by atoms with Gasteiger partial charge < -0.3 is 5.32 Å². The average Bonchev–Trinajstić information content (AvgIpc) is 2.53. The van der Waals surface area contributed by atoms with Crippen LogP contribution in [0.5, 0.6) is 0 Å². The molecule has 1 fully saturated rings. The van der Waals surface area contributed by atoms with Crippen LogP contribution in [0, 0.1) is 0 Å². The van der Waals surface area contributed by atoms with Gasteiger partial charge in [0.15, 0.2) is 0 Å². The van der Waals surface area contributed by atoms with Gasteiger partial charge in [-0.25, -0.2) is 0 Å². The Labute approximate surface area is 111 Å². The Morgan fingerprint density at radius 2 is 1.83 bits per heavy atom. The van der Waals surface area contributed by atoms with Crippen molar-refractivity contribution in [3.63, 3.8) is 0 Å². The minimum absolute atomic E-state index is 0.242. The maximum atomic E-state index is 3.53. The van der Waals surface area contributed by atoms with Crippen LogP contribution in [-0.2, 0) is 5.41 Å². The monoisotopic (exact) mass is 246 g/mol. The van der Waals surface area contributed by atoms with E-state index in [2.05, 4.69) is 62.3 Å². The molecule has 1 saturated heterocycles. The van der Waals surface area contributed by atoms with E-state index in [0.29, 0.717) is 6.04 Å². The molecule has 2 heteroatoms. The van der Waals surface area contributed by atoms with E-state index in [0.717, 1.165) is 13.1 Å². The fourth-order valence-electron chi connectivity index (χ4n) is 2.58. The predicted octanol–water partition coefficient (Wildman–Crippen LogP) is 2.95. The molecular formula is C16H26N2. The summed E-state index contributed by atoms with van der Waals surface area (Å²) in [6.07, 6.45) is 1.24. The van der Waals surface area contributed by atoms with E-state index in [1.54, 1.807) is 0 Å². The van der Waals surface area contributed by atoms with Crippen LogP contribution in [0.25, 0.3) is 0 Å². The van der Waals surface area contributed by atoms with Gasteiger partial charge in [0.2, 0.25) is 0 Å². The summed E-state index contributed by atoms with van der Waals surface area (Å²) in [5, 5.41) is 3.53. The summed E-state index contributed by atoms with van der Waals surface area (Å²) in [5.74, 6) is 0. The van der Waals surface area contributed by atoms with E-state index < -0.39 is 0 Å². The second-order valence-electron chi connectivity index (χ2n) is 6.43. The number of likely N-dealkylation sites (N-methyl/N-ethyl adjacent to an activating group) is 1. The first kappa shape index (κ1) is 13.6. The van der Waals surface area contributed by atoms with Crippen molar-refractivity contribution in [2.45, 2.75) is 38.6 Å². The third-order valence-corrected chi connectivity index (χ3v) is 3.90. The Balaban J connectivity index is 2.17. The van der Waals surface area contributed by atoms with E-state index in [9.17, 15) is 0 Å². The number of hydrogen-bond donors (Lipinski definition) is 1. The zero-order chi connectivity index (χ0) is 13.2. The smallest absolute Gasteiger partial charge is 0.0469 e. The lowest BCUT2D eigenvalue weighted by molar-refractivity contribution is 0.261. The molecule has 0 aliphatic carbocycles. The lowest BCUT2D eigenvalue weighted by atomic mass is 9.86. The molecule has 0 amide bonds. The molecule has 18 heavy (non-hydrogen) atoms. The standard InChI is InChI=1S/C16H26N2/c1-16(2,3)14-8-6-13(7-9-14)15-12-17-10-5-11-18(15)4/h6-9,15,17H,5,10-12H2,1-4H3. The van der Waals surface area contributed by atoms with Gasteiger partial charge in [-0.05, 0) is 43.1 Å². The number of benzene rings is 1. The summed E-state index contributed by atoms with van der Waals surface area (Å²) in [6, 6.07) is 9.69. The number of nitrogens with one attached hydrogen (secondary N) is 1. The van der Waals surface area contributed by atoms with Gasteiger partial charge in [-0.2, -0.15) is 0 Å². The lowest BCUT2D eigenvalue weighted by Crippen LogP contribution is -2.29. The minimum Gasteiger partial charge on any atom is -0.315 e. The van der Waals surface area contributed by atoms with Crippen LogP contribution in [0.15, 0.2) is 24.3 Å². The summed E-state index contributed by atoms with van der Waals surface area (Å²) < 4.78 is 0. The molecule has 1 atom stereocenters. The van der Waals surface area contributed by atoms with Crippen molar-refractivity contribution in [3.8, 4) is 0 Å². The van der Waals surface area contributed by atoms with Crippen LogP contribution in [-0.4, -0.2) is 31.6 Å². The topological polar surface area (TPSA) is 15.3 Å². The first-order valence-corrected chi connectivity index (χ1v) is 7.00. The van der Waals surface area contributed by atoms with E-state index in [1.807, 2.05) is 0 Å². The molecule has 100 valence electrons. The molecule has 0 bridgehead atoms. The SMILES string of the molecule is CN1CCCNCC1c1ccc(C(C)(C)C)cc1. The summed E-state index contributed by atoms with van der Waals surface area (Å²) in [4.78, 5) is 2.46. The highest BCUT2D eigenvalue weighted by Gasteiger charge is 2.20. The third-order valence-electron chi connectivity index (χ3n) is 3.90. The van der Waals surface area contributed by atoms with Crippen LogP contribution in [0.4, 0.5) is 0 Å². The molecule has 1 N–H and O–H groups in total. The molecule has 1 heterocycles. The van der Waals surface area contributed by atoms with Crippen LogP contribution >= 0.6 is 0 Å². The van der Waals surface area contributed by atoms with Crippen molar-refractivity contribution in [3.05, 3.63) is 35.4 Å². The van der Waals surface area contributed by atoms with Gasteiger partial charge in [0.25, 0.3) is 0 Å². The summed E-state index contributed by atoms with van der Waals surface area (Å²) in [7, 11) is 2.23. The van der Waals surface area contributed by atoms with E-state index in [1.165, 1.54) is 24.1 Å². The van der Waals surface area contributed by atoms with Crippen molar-refractivity contribution in [2.24, 2.45) is 0 Å². The van der Waals surface area contributed by atoms with Gasteiger partial charge in [-0.1, -0.05) is 45.0 Å². The van der Waals surface area contributed by atoms with Gasteiger partial charge in [-0.3, -0.25) is 4.90 Å². The number of nitrogens with zero attached hydrogens (tertiary/aromatic N) is 1. The number of rotatable bonds is 1. The Bertz CT molecular complexity index is 375. The molecular weight excluding hydrogens is 220 g/mol. The molecule has 1 unspecified atom stereocenters. The quantitative estimate of drug-likeness (QED) is 0.819. The summed E-state index contributed by atoms with van der Waals surface area (Å²) in [5.41, 5.74) is 3.09. The molecule has 0 aromatic heterocycles. The maximum Gasteiger partial charge on any atom is 0.0469 e. The van der Waals surface area contributed by atoms with Crippen LogP contribution in [0.1, 0.15) is 44.4 Å². The lowest BCUT2D eigenvalue weighted by Gasteiger charge is -2.27. The highest BCUT2D eigenvalue weighted by molar-refractivity contribution is 5.29. The molecule has 1 aliphatic rings. The van der Waals surface area contributed by atoms with Crippen LogP contribution in [0.3, 0.4) is 0 Å². The van der Waals surface area contributed by atoms with Gasteiger partial charge in [0.1, 0.15) is 0 Å². The van der Waals surface area contributed by atoms with Gasteiger partial charge in [0.05, 0.1) is 0 Å². The molecule has 1 aromatic carbocycles. The van der Waals surface area contributed by atoms with Crippen molar-refractivity contribution in [2.75, 3.05) is 26.7 Å². The Kier molecular flexibility index (Phi) is 4.08. The van der Waals surface area contributed by atoms with Crippen molar-refractivity contribution in [1.82, 2.24) is 10.2 Å². The zero-order valence-corrected chi connectivity index (χ0v) is 12.2. The van der Waals surface area contributed by atoms with Crippen LogP contribution < -0.4 is 5.32 Å². The minimum atomic E-state index is 0.242. The molecule has 0 spiro atoms. The first-order valence-electron chi connectivity index (χ1n) is 7.00. The third kappa shape index (κ3) is 3.12. The Morgan fingerprint density at radius 1 is 1.17 bits per heavy atom. The molecule has 1 aliphatic heterocycles. The maximum absolute atomic E-state index is 3.53. The van der Waals surface area contributed by atoms with Crippen LogP contribution in [0.2, 0.25) is 0 Å². The fourth-order valence-corrected chi connectivity index (χ4v) is 2.58. The van der Waals surface area contributed by atoms with Crippen molar-refractivity contribution in [1.29, 1.82) is 0 Å².